The Kier molecular flexibility index (Phi) is 14.1. The molecule has 0 bridgehead atoms. The Balaban J connectivity index is 1.99. The second-order valence-electron chi connectivity index (χ2n) is 12.2. The van der Waals surface area contributed by atoms with E-state index in [1.165, 1.54) is 16.3 Å². The van der Waals surface area contributed by atoms with E-state index in [0.717, 1.165) is 32.0 Å². The zero-order chi connectivity index (χ0) is 31.2. The Bertz CT molecular complexity index is 1160. The van der Waals surface area contributed by atoms with Crippen molar-refractivity contribution in [1.29, 1.82) is 0 Å². The summed E-state index contributed by atoms with van der Waals surface area (Å²) < 4.78 is 22.1. The summed E-state index contributed by atoms with van der Waals surface area (Å²) in [6, 6.07) is 14.7. The SMILES string of the molecule is CC(C)(C)OC(=O)CO[C@@H](C(=O)OC(C)(C)C)[C@@H](OCCCC=O)C(=O)NCCCCCc1ccc2ccccc2c1. The van der Waals surface area contributed by atoms with Crippen LogP contribution in [0.4, 0.5) is 0 Å². The van der Waals surface area contributed by atoms with Gasteiger partial charge in [0.2, 0.25) is 0 Å². The van der Waals surface area contributed by atoms with Crippen LogP contribution in [0.25, 0.3) is 10.8 Å². The molecule has 2 rings (SSSR count). The first-order valence-electron chi connectivity index (χ1n) is 14.7. The molecule has 232 valence electrons. The van der Waals surface area contributed by atoms with Gasteiger partial charge in [-0.3, -0.25) is 4.79 Å². The Hall–Kier alpha value is -3.30. The molecule has 2 aromatic carbocycles. The van der Waals surface area contributed by atoms with Gasteiger partial charge in [-0.1, -0.05) is 48.9 Å². The summed E-state index contributed by atoms with van der Waals surface area (Å²) in [4.78, 5) is 49.5. The van der Waals surface area contributed by atoms with Crippen molar-refractivity contribution in [3.63, 3.8) is 0 Å². The van der Waals surface area contributed by atoms with Gasteiger partial charge in [0.15, 0.2) is 12.2 Å². The number of amides is 1. The first-order chi connectivity index (χ1) is 19.8. The zero-order valence-corrected chi connectivity index (χ0v) is 25.9. The average molecular weight is 586 g/mol. The van der Waals surface area contributed by atoms with Gasteiger partial charge in [-0.05, 0) is 83.6 Å². The maximum Gasteiger partial charge on any atom is 0.339 e. The van der Waals surface area contributed by atoms with Crippen molar-refractivity contribution in [3.05, 3.63) is 48.0 Å². The molecule has 1 amide bonds. The van der Waals surface area contributed by atoms with Gasteiger partial charge in [0.25, 0.3) is 5.91 Å². The van der Waals surface area contributed by atoms with Crippen molar-refractivity contribution >= 4 is 34.9 Å². The van der Waals surface area contributed by atoms with Gasteiger partial charge in [-0.15, -0.1) is 0 Å². The minimum Gasteiger partial charge on any atom is -0.458 e. The number of aryl methyl sites for hydroxylation is 1. The van der Waals surface area contributed by atoms with Crippen LogP contribution >= 0.6 is 0 Å². The zero-order valence-electron chi connectivity index (χ0n) is 25.9. The van der Waals surface area contributed by atoms with Crippen LogP contribution < -0.4 is 5.32 Å². The molecule has 1 N–H and O–H groups in total. The first kappa shape index (κ1) is 34.9. The fourth-order valence-electron chi connectivity index (χ4n) is 4.18. The highest BCUT2D eigenvalue weighted by Crippen LogP contribution is 2.18. The number of hydrogen-bond acceptors (Lipinski definition) is 8. The number of ether oxygens (including phenoxy) is 4. The summed E-state index contributed by atoms with van der Waals surface area (Å²) in [5, 5.41) is 5.27. The highest BCUT2D eigenvalue weighted by molar-refractivity contribution is 5.89. The highest BCUT2D eigenvalue weighted by atomic mass is 16.6. The first-order valence-corrected chi connectivity index (χ1v) is 14.7. The molecule has 0 fully saturated rings. The number of aldehydes is 1. The molecule has 0 aliphatic carbocycles. The predicted molar refractivity (Wildman–Crippen MR) is 161 cm³/mol. The quantitative estimate of drug-likeness (QED) is 0.155. The topological polar surface area (TPSA) is 117 Å². The third kappa shape index (κ3) is 13.6. The van der Waals surface area contributed by atoms with Gasteiger partial charge in [-0.2, -0.15) is 0 Å². The van der Waals surface area contributed by atoms with Gasteiger partial charge < -0.3 is 29.1 Å². The van der Waals surface area contributed by atoms with Gasteiger partial charge in [0.1, 0.15) is 24.1 Å². The van der Waals surface area contributed by atoms with Crippen molar-refractivity contribution in [1.82, 2.24) is 5.32 Å². The second-order valence-corrected chi connectivity index (χ2v) is 12.2. The molecule has 42 heavy (non-hydrogen) atoms. The maximum atomic E-state index is 13.3. The smallest absolute Gasteiger partial charge is 0.339 e. The Morgan fingerprint density at radius 3 is 2.17 bits per heavy atom. The Morgan fingerprint density at radius 2 is 1.50 bits per heavy atom. The van der Waals surface area contributed by atoms with E-state index in [0.29, 0.717) is 13.0 Å². The molecule has 0 unspecified atom stereocenters. The normalized spacial score (nSPS) is 13.3. The van der Waals surface area contributed by atoms with Crippen LogP contribution in [0.3, 0.4) is 0 Å². The van der Waals surface area contributed by atoms with E-state index in [2.05, 4.69) is 35.6 Å². The summed E-state index contributed by atoms with van der Waals surface area (Å²) in [6.07, 6.45) is 1.96. The number of benzene rings is 2. The lowest BCUT2D eigenvalue weighted by molar-refractivity contribution is -0.187. The number of esters is 2. The third-order valence-electron chi connectivity index (χ3n) is 5.99. The second kappa shape index (κ2) is 17.0. The lowest BCUT2D eigenvalue weighted by atomic mass is 10.0. The number of hydrogen-bond donors (Lipinski definition) is 1. The maximum absolute atomic E-state index is 13.3. The van der Waals surface area contributed by atoms with E-state index in [4.69, 9.17) is 18.9 Å². The Morgan fingerprint density at radius 1 is 0.810 bits per heavy atom. The summed E-state index contributed by atoms with van der Waals surface area (Å²) in [7, 11) is 0. The van der Waals surface area contributed by atoms with Crippen molar-refractivity contribution in [2.45, 2.75) is 103 Å². The molecule has 0 aliphatic rings. The summed E-state index contributed by atoms with van der Waals surface area (Å²) in [6.45, 7) is 10.0. The lowest BCUT2D eigenvalue weighted by Crippen LogP contribution is -2.51. The van der Waals surface area contributed by atoms with Crippen LogP contribution in [0, 0.1) is 0 Å². The number of fused-ring (bicyclic) bond motifs is 1. The minimum atomic E-state index is -1.51. The average Bonchev–Trinajstić information content (AvgIpc) is 2.89. The predicted octanol–water partition coefficient (Wildman–Crippen LogP) is 5.10. The molecule has 0 heterocycles. The monoisotopic (exact) mass is 585 g/mol. The largest absolute Gasteiger partial charge is 0.458 e. The van der Waals surface area contributed by atoms with E-state index in [1.807, 2.05) is 12.1 Å². The number of carbonyl (C=O) groups is 4. The molecule has 9 nitrogen and oxygen atoms in total. The van der Waals surface area contributed by atoms with E-state index in [9.17, 15) is 19.2 Å². The van der Waals surface area contributed by atoms with E-state index in [1.54, 1.807) is 41.5 Å². The van der Waals surface area contributed by atoms with Crippen molar-refractivity contribution in [2.75, 3.05) is 19.8 Å². The molecule has 0 aliphatic heterocycles. The van der Waals surface area contributed by atoms with Gasteiger partial charge in [0, 0.05) is 19.6 Å². The lowest BCUT2D eigenvalue weighted by Gasteiger charge is -2.29. The van der Waals surface area contributed by atoms with E-state index in [-0.39, 0.29) is 13.0 Å². The molecular weight excluding hydrogens is 538 g/mol. The number of nitrogens with one attached hydrogen (secondary N) is 1. The molecule has 0 spiro atoms. The number of rotatable bonds is 17. The van der Waals surface area contributed by atoms with Crippen molar-refractivity contribution in [2.24, 2.45) is 0 Å². The minimum absolute atomic E-state index is 0.0394. The summed E-state index contributed by atoms with van der Waals surface area (Å²) in [5.41, 5.74) is -0.351. The van der Waals surface area contributed by atoms with Crippen LogP contribution in [-0.4, -0.2) is 67.3 Å². The molecular formula is C33H47NO8. The third-order valence-corrected chi connectivity index (χ3v) is 5.99. The molecule has 0 saturated carbocycles. The molecule has 0 aromatic heterocycles. The molecule has 2 aromatic rings. The van der Waals surface area contributed by atoms with E-state index < -0.39 is 47.9 Å². The standard InChI is InChI=1S/C33H47NO8/c1-32(2,3)41-27(36)23-40-29(31(38)42-33(4,5)6)28(39-21-13-12-20-35)30(37)34-19-11-7-8-14-24-17-18-25-15-9-10-16-26(25)22-24/h9-10,15-18,20,22,28-29H,7-8,11-14,19,21,23H2,1-6H3,(H,34,37)/t28-,29-/m1/s1. The van der Waals surface area contributed by atoms with Crippen LogP contribution in [0.1, 0.15) is 79.2 Å². The van der Waals surface area contributed by atoms with Gasteiger partial charge in [-0.25, -0.2) is 9.59 Å². The highest BCUT2D eigenvalue weighted by Gasteiger charge is 2.39. The summed E-state index contributed by atoms with van der Waals surface area (Å²) >= 11 is 0. The van der Waals surface area contributed by atoms with Crippen LogP contribution in [0.15, 0.2) is 42.5 Å². The molecule has 0 saturated heterocycles. The fraction of sp³-hybridized carbons (Fsp3) is 0.576. The molecule has 2 atom stereocenters. The van der Waals surface area contributed by atoms with Crippen LogP contribution in [0.2, 0.25) is 0 Å². The Labute approximate surface area is 249 Å². The fourth-order valence-corrected chi connectivity index (χ4v) is 4.18. The van der Waals surface area contributed by atoms with Crippen LogP contribution in [0.5, 0.6) is 0 Å². The number of carbonyl (C=O) groups excluding carboxylic acids is 4. The van der Waals surface area contributed by atoms with Crippen molar-refractivity contribution < 1.29 is 38.1 Å². The van der Waals surface area contributed by atoms with E-state index >= 15 is 0 Å². The summed E-state index contributed by atoms with van der Waals surface area (Å²) in [5.74, 6) is -2.09. The number of unbranched alkanes of at least 4 members (excludes halogenated alkanes) is 3. The molecule has 0 radical (unpaired) electrons. The molecule has 9 heteroatoms. The van der Waals surface area contributed by atoms with Gasteiger partial charge in [0.05, 0.1) is 0 Å². The van der Waals surface area contributed by atoms with Crippen molar-refractivity contribution in [3.8, 4) is 0 Å². The van der Waals surface area contributed by atoms with Crippen LogP contribution in [-0.2, 0) is 44.5 Å². The van der Waals surface area contributed by atoms with Gasteiger partial charge >= 0.3 is 11.9 Å².